The molecule has 0 spiro atoms. The predicted molar refractivity (Wildman–Crippen MR) is 110 cm³/mol. The van der Waals surface area contributed by atoms with Crippen molar-refractivity contribution in [3.05, 3.63) is 57.3 Å². The van der Waals surface area contributed by atoms with Gasteiger partial charge in [-0.15, -0.1) is 0 Å². The summed E-state index contributed by atoms with van der Waals surface area (Å²) in [7, 11) is 0. The lowest BCUT2D eigenvalue weighted by atomic mass is 10.2. The molecule has 2 aromatic rings. The Balaban J connectivity index is 2.10. The fourth-order valence-electron chi connectivity index (χ4n) is 2.64. The molecule has 6 heteroatoms. The maximum absolute atomic E-state index is 13.9. The zero-order chi connectivity index (χ0) is 19.6. The molecule has 27 heavy (non-hydrogen) atoms. The highest BCUT2D eigenvalue weighted by molar-refractivity contribution is 6.31. The van der Waals surface area contributed by atoms with Crippen molar-refractivity contribution in [1.82, 2.24) is 5.32 Å². The summed E-state index contributed by atoms with van der Waals surface area (Å²) in [6.07, 6.45) is 3.53. The molecule has 0 atom stereocenters. The first-order chi connectivity index (χ1) is 13.1. The van der Waals surface area contributed by atoms with Gasteiger partial charge in [-0.05, 0) is 43.7 Å². The molecular formula is C21H26Cl2FNO2. The highest BCUT2D eigenvalue weighted by Crippen LogP contribution is 2.35. The fraction of sp³-hybridized carbons (Fsp3) is 0.429. The van der Waals surface area contributed by atoms with Gasteiger partial charge in [0, 0.05) is 23.2 Å². The molecule has 0 saturated heterocycles. The second-order valence-electron chi connectivity index (χ2n) is 6.20. The van der Waals surface area contributed by atoms with Crippen LogP contribution in [-0.2, 0) is 13.2 Å². The van der Waals surface area contributed by atoms with E-state index < -0.39 is 5.82 Å². The van der Waals surface area contributed by atoms with Crippen LogP contribution in [0.5, 0.6) is 11.5 Å². The van der Waals surface area contributed by atoms with E-state index in [0.717, 1.165) is 18.5 Å². The van der Waals surface area contributed by atoms with Crippen LogP contribution in [0.3, 0.4) is 0 Å². The van der Waals surface area contributed by atoms with E-state index in [9.17, 15) is 4.39 Å². The van der Waals surface area contributed by atoms with Crippen molar-refractivity contribution in [2.75, 3.05) is 13.2 Å². The van der Waals surface area contributed by atoms with Gasteiger partial charge in [-0.3, -0.25) is 0 Å². The lowest BCUT2D eigenvalue weighted by molar-refractivity contribution is 0.265. The monoisotopic (exact) mass is 413 g/mol. The van der Waals surface area contributed by atoms with Crippen molar-refractivity contribution in [1.29, 1.82) is 0 Å². The van der Waals surface area contributed by atoms with Crippen molar-refractivity contribution in [2.24, 2.45) is 0 Å². The summed E-state index contributed by atoms with van der Waals surface area (Å²) in [5.74, 6) is 0.648. The second kappa shape index (κ2) is 11.4. The molecule has 0 heterocycles. The first kappa shape index (κ1) is 21.8. The van der Waals surface area contributed by atoms with E-state index in [-0.39, 0.29) is 6.61 Å². The molecule has 0 radical (unpaired) electrons. The molecule has 2 aromatic carbocycles. The van der Waals surface area contributed by atoms with Crippen LogP contribution in [0.2, 0.25) is 10.0 Å². The van der Waals surface area contributed by atoms with E-state index in [1.807, 2.05) is 13.0 Å². The van der Waals surface area contributed by atoms with Crippen molar-refractivity contribution >= 4 is 23.2 Å². The summed E-state index contributed by atoms with van der Waals surface area (Å²) in [5, 5.41) is 4.30. The lowest BCUT2D eigenvalue weighted by Gasteiger charge is -2.16. The zero-order valence-electron chi connectivity index (χ0n) is 15.8. The largest absolute Gasteiger partial charge is 0.490 e. The number of ether oxygens (including phenoxy) is 2. The molecule has 0 fully saturated rings. The maximum atomic E-state index is 13.9. The van der Waals surface area contributed by atoms with Gasteiger partial charge >= 0.3 is 0 Å². The Morgan fingerprint density at radius 1 is 1.00 bits per heavy atom. The fourth-order valence-corrected chi connectivity index (χ4v) is 3.08. The average molecular weight is 414 g/mol. The Bertz CT molecular complexity index is 720. The SMILES string of the molecule is CCCCCNCc1cc(OCC)c(OCc2c(F)cccc2Cl)cc1Cl. The molecule has 0 aliphatic heterocycles. The predicted octanol–water partition coefficient (Wildman–Crippen LogP) is 6.39. The van der Waals surface area contributed by atoms with E-state index in [0.29, 0.717) is 40.3 Å². The highest BCUT2D eigenvalue weighted by Gasteiger charge is 2.14. The van der Waals surface area contributed by atoms with E-state index in [1.54, 1.807) is 18.2 Å². The first-order valence-electron chi connectivity index (χ1n) is 9.28. The minimum absolute atomic E-state index is 0.00345. The molecule has 148 valence electrons. The van der Waals surface area contributed by atoms with E-state index in [1.165, 1.54) is 18.9 Å². The second-order valence-corrected chi connectivity index (χ2v) is 7.01. The Labute approximate surface area is 170 Å². The van der Waals surface area contributed by atoms with Crippen LogP contribution in [-0.4, -0.2) is 13.2 Å². The highest BCUT2D eigenvalue weighted by atomic mass is 35.5. The Morgan fingerprint density at radius 3 is 2.48 bits per heavy atom. The van der Waals surface area contributed by atoms with Gasteiger partial charge in [0.2, 0.25) is 0 Å². The van der Waals surface area contributed by atoms with Gasteiger partial charge in [-0.25, -0.2) is 4.39 Å². The Hall–Kier alpha value is -1.49. The summed E-state index contributed by atoms with van der Waals surface area (Å²) in [6.45, 7) is 6.16. The number of unbranched alkanes of at least 4 members (excludes halogenated alkanes) is 2. The van der Waals surface area contributed by atoms with Gasteiger partial charge in [0.1, 0.15) is 12.4 Å². The molecule has 0 unspecified atom stereocenters. The summed E-state index contributed by atoms with van der Waals surface area (Å²) < 4.78 is 25.4. The van der Waals surface area contributed by atoms with Crippen LogP contribution in [0.4, 0.5) is 4.39 Å². The summed E-state index contributed by atoms with van der Waals surface area (Å²) in [5.41, 5.74) is 1.24. The Morgan fingerprint density at radius 2 is 1.78 bits per heavy atom. The standard InChI is InChI=1S/C21H26Cl2FNO2/c1-3-5-6-10-25-13-15-11-20(26-4-2)21(12-18(15)23)27-14-16-17(22)8-7-9-19(16)24/h7-9,11-12,25H,3-6,10,13-14H2,1-2H3. The van der Waals surface area contributed by atoms with Crippen LogP contribution in [0, 0.1) is 5.82 Å². The van der Waals surface area contributed by atoms with Gasteiger partial charge in [-0.2, -0.15) is 0 Å². The Kier molecular flexibility index (Phi) is 9.19. The molecule has 1 N–H and O–H groups in total. The van der Waals surface area contributed by atoms with Crippen molar-refractivity contribution in [3.8, 4) is 11.5 Å². The van der Waals surface area contributed by atoms with E-state index in [4.69, 9.17) is 32.7 Å². The van der Waals surface area contributed by atoms with Crippen molar-refractivity contribution in [2.45, 2.75) is 46.3 Å². The summed E-state index contributed by atoms with van der Waals surface area (Å²) in [4.78, 5) is 0. The van der Waals surface area contributed by atoms with Crippen molar-refractivity contribution < 1.29 is 13.9 Å². The van der Waals surface area contributed by atoms with E-state index >= 15 is 0 Å². The van der Waals surface area contributed by atoms with Crippen LogP contribution in [0.1, 0.15) is 44.2 Å². The quantitative estimate of drug-likeness (QED) is 0.432. The molecule has 3 nitrogen and oxygen atoms in total. The summed E-state index contributed by atoms with van der Waals surface area (Å²) >= 11 is 12.5. The molecule has 0 amide bonds. The molecule has 0 bridgehead atoms. The third-order valence-electron chi connectivity index (χ3n) is 4.12. The molecule has 0 saturated carbocycles. The minimum atomic E-state index is -0.403. The minimum Gasteiger partial charge on any atom is -0.490 e. The van der Waals surface area contributed by atoms with Crippen LogP contribution in [0.15, 0.2) is 30.3 Å². The number of hydrogen-bond donors (Lipinski definition) is 1. The summed E-state index contributed by atoms with van der Waals surface area (Å²) in [6, 6.07) is 8.13. The topological polar surface area (TPSA) is 30.5 Å². The van der Waals surface area contributed by atoms with Crippen molar-refractivity contribution in [3.63, 3.8) is 0 Å². The zero-order valence-corrected chi connectivity index (χ0v) is 17.3. The van der Waals surface area contributed by atoms with Gasteiger partial charge in [0.05, 0.1) is 11.6 Å². The normalized spacial score (nSPS) is 10.9. The molecule has 0 aliphatic rings. The van der Waals surface area contributed by atoms with Crippen LogP contribution >= 0.6 is 23.2 Å². The third kappa shape index (κ3) is 6.56. The van der Waals surface area contributed by atoms with Gasteiger partial charge < -0.3 is 14.8 Å². The number of halogens is 3. The molecule has 0 aliphatic carbocycles. The molecular weight excluding hydrogens is 388 g/mol. The number of rotatable bonds is 11. The third-order valence-corrected chi connectivity index (χ3v) is 4.82. The van der Waals surface area contributed by atoms with Gasteiger partial charge in [0.15, 0.2) is 11.5 Å². The number of nitrogens with one attached hydrogen (secondary N) is 1. The van der Waals surface area contributed by atoms with Crippen LogP contribution < -0.4 is 14.8 Å². The number of benzene rings is 2. The number of hydrogen-bond acceptors (Lipinski definition) is 3. The molecule has 0 aromatic heterocycles. The molecule has 2 rings (SSSR count). The first-order valence-corrected chi connectivity index (χ1v) is 10.0. The van der Waals surface area contributed by atoms with Gasteiger partial charge in [-0.1, -0.05) is 49.0 Å². The average Bonchev–Trinajstić information content (AvgIpc) is 2.64. The van der Waals surface area contributed by atoms with E-state index in [2.05, 4.69) is 12.2 Å². The lowest BCUT2D eigenvalue weighted by Crippen LogP contribution is -2.15. The van der Waals surface area contributed by atoms with Crippen LogP contribution in [0.25, 0.3) is 0 Å². The van der Waals surface area contributed by atoms with Gasteiger partial charge in [0.25, 0.3) is 0 Å². The smallest absolute Gasteiger partial charge is 0.163 e. The maximum Gasteiger partial charge on any atom is 0.163 e.